The molecule has 0 bridgehead atoms. The van der Waals surface area contributed by atoms with E-state index in [1.54, 1.807) is 0 Å². The Morgan fingerprint density at radius 1 is 1.45 bits per heavy atom. The van der Waals surface area contributed by atoms with E-state index in [4.69, 9.17) is 5.73 Å². The van der Waals surface area contributed by atoms with Crippen LogP contribution >= 0.6 is 11.3 Å². The first-order valence-corrected chi connectivity index (χ1v) is 8.14. The first kappa shape index (κ1) is 15.1. The molecule has 2 heterocycles. The molecule has 1 fully saturated rings. The van der Waals surface area contributed by atoms with Crippen molar-refractivity contribution in [3.63, 3.8) is 0 Å². The third-order valence-corrected chi connectivity index (χ3v) is 4.83. The van der Waals surface area contributed by atoms with Crippen molar-refractivity contribution >= 4 is 17.2 Å². The van der Waals surface area contributed by atoms with Gasteiger partial charge in [-0.05, 0) is 37.3 Å². The number of hydrogen-bond donors (Lipinski definition) is 1. The van der Waals surface area contributed by atoms with Gasteiger partial charge in [-0.1, -0.05) is 25.2 Å². The van der Waals surface area contributed by atoms with E-state index in [0.29, 0.717) is 6.54 Å². The first-order chi connectivity index (χ1) is 9.74. The minimum Gasteiger partial charge on any atom is -0.338 e. The normalized spacial score (nSPS) is 19.1. The Bertz CT molecular complexity index is 512. The summed E-state index contributed by atoms with van der Waals surface area (Å²) in [6, 6.07) is 3.79. The summed E-state index contributed by atoms with van der Waals surface area (Å²) in [5, 5.41) is 0. The molecule has 1 saturated heterocycles. The number of nitrogens with zero attached hydrogens (tertiary/aromatic N) is 1. The number of carbonyl (C=O) groups excluding carboxylic acids is 1. The third-order valence-electron chi connectivity index (χ3n) is 3.84. The third kappa shape index (κ3) is 3.84. The molecule has 1 aliphatic rings. The molecule has 0 aromatic carbocycles. The molecule has 3 nitrogen and oxygen atoms in total. The highest BCUT2D eigenvalue weighted by Crippen LogP contribution is 2.23. The maximum Gasteiger partial charge on any atom is 0.263 e. The summed E-state index contributed by atoms with van der Waals surface area (Å²) in [6.45, 7) is 4.37. The molecular formula is C16H22N2OS. The molecule has 1 aromatic rings. The molecule has 0 saturated carbocycles. The first-order valence-electron chi connectivity index (χ1n) is 7.32. The Morgan fingerprint density at radius 3 is 3.05 bits per heavy atom. The number of likely N-dealkylation sites (tertiary alicyclic amines) is 1. The zero-order valence-corrected chi connectivity index (χ0v) is 12.8. The lowest BCUT2D eigenvalue weighted by Crippen LogP contribution is -2.31. The van der Waals surface area contributed by atoms with Crippen LogP contribution in [0, 0.1) is 17.8 Å². The van der Waals surface area contributed by atoms with Gasteiger partial charge in [0.25, 0.3) is 5.91 Å². The topological polar surface area (TPSA) is 46.3 Å². The van der Waals surface area contributed by atoms with Crippen molar-refractivity contribution in [1.82, 2.24) is 4.90 Å². The van der Waals surface area contributed by atoms with Gasteiger partial charge in [0.05, 0.1) is 16.3 Å². The van der Waals surface area contributed by atoms with Crippen molar-refractivity contribution < 1.29 is 4.79 Å². The SMILES string of the molecule is CCC1CCCN(C(=O)c2ccc(C#CCN)s2)CC1. The maximum absolute atomic E-state index is 12.5. The summed E-state index contributed by atoms with van der Waals surface area (Å²) in [7, 11) is 0. The van der Waals surface area contributed by atoms with Gasteiger partial charge < -0.3 is 10.6 Å². The smallest absolute Gasteiger partial charge is 0.263 e. The lowest BCUT2D eigenvalue weighted by Gasteiger charge is -2.19. The van der Waals surface area contributed by atoms with Crippen molar-refractivity contribution in [3.8, 4) is 11.8 Å². The predicted octanol–water partition coefficient (Wildman–Crippen LogP) is 2.71. The largest absolute Gasteiger partial charge is 0.338 e. The Hall–Kier alpha value is -1.31. The molecular weight excluding hydrogens is 268 g/mol. The minimum absolute atomic E-state index is 0.160. The Labute approximate surface area is 125 Å². The summed E-state index contributed by atoms with van der Waals surface area (Å²) in [5.74, 6) is 6.75. The fraction of sp³-hybridized carbons (Fsp3) is 0.562. The van der Waals surface area contributed by atoms with E-state index in [0.717, 1.165) is 41.6 Å². The van der Waals surface area contributed by atoms with Gasteiger partial charge in [0.15, 0.2) is 0 Å². The second kappa shape index (κ2) is 7.47. The average Bonchev–Trinajstić information content (AvgIpc) is 2.81. The van der Waals surface area contributed by atoms with Crippen LogP contribution in [0.25, 0.3) is 0 Å². The molecule has 4 heteroatoms. The van der Waals surface area contributed by atoms with Crippen LogP contribution in [0.2, 0.25) is 0 Å². The van der Waals surface area contributed by atoms with Gasteiger partial charge in [-0.15, -0.1) is 11.3 Å². The Kier molecular flexibility index (Phi) is 5.63. The van der Waals surface area contributed by atoms with E-state index in [9.17, 15) is 4.79 Å². The molecule has 1 aromatic heterocycles. The fourth-order valence-electron chi connectivity index (χ4n) is 2.59. The fourth-order valence-corrected chi connectivity index (χ4v) is 3.44. The summed E-state index contributed by atoms with van der Waals surface area (Å²) in [6.07, 6.45) is 4.72. The van der Waals surface area contributed by atoms with Gasteiger partial charge >= 0.3 is 0 Å². The molecule has 1 amide bonds. The van der Waals surface area contributed by atoms with Crippen molar-refractivity contribution in [2.45, 2.75) is 32.6 Å². The Morgan fingerprint density at radius 2 is 2.30 bits per heavy atom. The van der Waals surface area contributed by atoms with E-state index >= 15 is 0 Å². The molecule has 0 aliphatic carbocycles. The second-order valence-electron chi connectivity index (χ2n) is 5.17. The van der Waals surface area contributed by atoms with Gasteiger partial charge in [-0.2, -0.15) is 0 Å². The van der Waals surface area contributed by atoms with Gasteiger partial charge in [-0.25, -0.2) is 0 Å². The standard InChI is InChI=1S/C16H22N2OS/c1-2-13-5-4-11-18(12-9-13)16(19)15-8-7-14(20-15)6-3-10-17/h7-8,13H,2,4-5,9-12,17H2,1H3. The molecule has 0 spiro atoms. The number of carbonyl (C=O) groups is 1. The molecule has 108 valence electrons. The van der Waals surface area contributed by atoms with E-state index in [1.165, 1.54) is 24.2 Å². The van der Waals surface area contributed by atoms with Gasteiger partial charge in [0.2, 0.25) is 0 Å². The maximum atomic E-state index is 12.5. The van der Waals surface area contributed by atoms with E-state index in [1.807, 2.05) is 17.0 Å². The van der Waals surface area contributed by atoms with Crippen LogP contribution in [0.4, 0.5) is 0 Å². The lowest BCUT2D eigenvalue weighted by molar-refractivity contribution is 0.0765. The van der Waals surface area contributed by atoms with Gasteiger partial charge in [0, 0.05) is 13.1 Å². The van der Waals surface area contributed by atoms with Crippen LogP contribution in [-0.4, -0.2) is 30.4 Å². The number of nitrogens with two attached hydrogens (primary N) is 1. The molecule has 1 atom stereocenters. The van der Waals surface area contributed by atoms with Crippen LogP contribution in [0.5, 0.6) is 0 Å². The molecule has 1 unspecified atom stereocenters. The molecule has 0 radical (unpaired) electrons. The summed E-state index contributed by atoms with van der Waals surface area (Å²) >= 11 is 1.47. The van der Waals surface area contributed by atoms with Crippen LogP contribution in [0.1, 0.15) is 47.2 Å². The number of thiophene rings is 1. The predicted molar refractivity (Wildman–Crippen MR) is 83.8 cm³/mol. The van der Waals surface area contributed by atoms with E-state index in [-0.39, 0.29) is 5.91 Å². The minimum atomic E-state index is 0.160. The molecule has 20 heavy (non-hydrogen) atoms. The lowest BCUT2D eigenvalue weighted by atomic mass is 9.98. The van der Waals surface area contributed by atoms with Gasteiger partial charge in [-0.3, -0.25) is 4.79 Å². The summed E-state index contributed by atoms with van der Waals surface area (Å²) in [5.41, 5.74) is 5.36. The van der Waals surface area contributed by atoms with Crippen LogP contribution < -0.4 is 5.73 Å². The monoisotopic (exact) mass is 290 g/mol. The van der Waals surface area contributed by atoms with Crippen molar-refractivity contribution in [2.75, 3.05) is 19.6 Å². The van der Waals surface area contributed by atoms with Crippen LogP contribution in [0.15, 0.2) is 12.1 Å². The quantitative estimate of drug-likeness (QED) is 0.851. The Balaban J connectivity index is 2.01. The van der Waals surface area contributed by atoms with Crippen molar-refractivity contribution in [3.05, 3.63) is 21.9 Å². The summed E-state index contributed by atoms with van der Waals surface area (Å²) in [4.78, 5) is 16.2. The van der Waals surface area contributed by atoms with Crippen LogP contribution in [0.3, 0.4) is 0 Å². The van der Waals surface area contributed by atoms with E-state index < -0.39 is 0 Å². The number of rotatable bonds is 2. The van der Waals surface area contributed by atoms with Gasteiger partial charge in [0.1, 0.15) is 0 Å². The molecule has 2 rings (SSSR count). The highest BCUT2D eigenvalue weighted by molar-refractivity contribution is 7.14. The number of hydrogen-bond acceptors (Lipinski definition) is 3. The number of amides is 1. The van der Waals surface area contributed by atoms with Crippen molar-refractivity contribution in [1.29, 1.82) is 0 Å². The zero-order valence-electron chi connectivity index (χ0n) is 12.0. The molecule has 1 aliphatic heterocycles. The highest BCUT2D eigenvalue weighted by Gasteiger charge is 2.21. The second-order valence-corrected chi connectivity index (χ2v) is 6.25. The van der Waals surface area contributed by atoms with E-state index in [2.05, 4.69) is 18.8 Å². The van der Waals surface area contributed by atoms with Crippen molar-refractivity contribution in [2.24, 2.45) is 11.7 Å². The van der Waals surface area contributed by atoms with Crippen LogP contribution in [-0.2, 0) is 0 Å². The molecule has 2 N–H and O–H groups in total. The average molecular weight is 290 g/mol. The zero-order chi connectivity index (χ0) is 14.4. The highest BCUT2D eigenvalue weighted by atomic mass is 32.1. The summed E-state index contributed by atoms with van der Waals surface area (Å²) < 4.78 is 0.